The fourth-order valence-corrected chi connectivity index (χ4v) is 7.87. The summed E-state index contributed by atoms with van der Waals surface area (Å²) >= 11 is 0. The molecule has 2 unspecified atom stereocenters. The molecule has 1 amide bonds. The molecule has 6 nitrogen and oxygen atoms in total. The zero-order valence-electron chi connectivity index (χ0n) is 38.3. The van der Waals surface area contributed by atoms with E-state index in [9.17, 15) is 19.8 Å². The van der Waals surface area contributed by atoms with Gasteiger partial charge < -0.3 is 20.3 Å². The van der Waals surface area contributed by atoms with Crippen molar-refractivity contribution in [3.05, 3.63) is 12.2 Å². The molecular formula is C51H99NO5. The Morgan fingerprint density at radius 3 is 1.26 bits per heavy atom. The van der Waals surface area contributed by atoms with Gasteiger partial charge in [-0.1, -0.05) is 225 Å². The van der Waals surface area contributed by atoms with Crippen molar-refractivity contribution in [1.29, 1.82) is 0 Å². The number of hydrogen-bond acceptors (Lipinski definition) is 5. The summed E-state index contributed by atoms with van der Waals surface area (Å²) < 4.78 is 5.45. The summed E-state index contributed by atoms with van der Waals surface area (Å²) in [6, 6.07) is -0.550. The predicted octanol–water partition coefficient (Wildman–Crippen LogP) is 15.0. The van der Waals surface area contributed by atoms with Gasteiger partial charge in [-0.25, -0.2) is 0 Å². The lowest BCUT2D eigenvalue weighted by Gasteiger charge is -2.22. The topological polar surface area (TPSA) is 95.9 Å². The van der Waals surface area contributed by atoms with Gasteiger partial charge in [-0.3, -0.25) is 9.59 Å². The fourth-order valence-electron chi connectivity index (χ4n) is 7.87. The molecule has 0 saturated heterocycles. The van der Waals surface area contributed by atoms with Crippen molar-refractivity contribution in [3.63, 3.8) is 0 Å². The first kappa shape index (κ1) is 55.6. The number of ether oxygens (including phenoxy) is 1. The van der Waals surface area contributed by atoms with Gasteiger partial charge in [0.2, 0.25) is 5.91 Å². The molecule has 0 spiro atoms. The summed E-state index contributed by atoms with van der Waals surface area (Å²) in [5.41, 5.74) is 0. The monoisotopic (exact) mass is 806 g/mol. The van der Waals surface area contributed by atoms with Crippen LogP contribution in [0, 0.1) is 0 Å². The average molecular weight is 806 g/mol. The van der Waals surface area contributed by atoms with E-state index in [1.54, 1.807) is 0 Å². The minimum atomic E-state index is -0.671. The van der Waals surface area contributed by atoms with Crippen molar-refractivity contribution < 1.29 is 24.5 Å². The Balaban J connectivity index is 3.45. The van der Waals surface area contributed by atoms with Crippen LogP contribution in [0.4, 0.5) is 0 Å². The molecule has 57 heavy (non-hydrogen) atoms. The Bertz CT molecular complexity index is 847. The normalized spacial score (nSPS) is 12.7. The fraction of sp³-hybridized carbons (Fsp3) is 0.922. The van der Waals surface area contributed by atoms with Gasteiger partial charge in [0.25, 0.3) is 0 Å². The summed E-state index contributed by atoms with van der Waals surface area (Å²) in [6.07, 6.45) is 53.1. The number of allylic oxidation sites excluding steroid dienone is 2. The van der Waals surface area contributed by atoms with Crippen LogP contribution in [-0.2, 0) is 14.3 Å². The van der Waals surface area contributed by atoms with Gasteiger partial charge in [0.15, 0.2) is 0 Å². The smallest absolute Gasteiger partial charge is 0.305 e. The average Bonchev–Trinajstić information content (AvgIpc) is 3.21. The Hall–Kier alpha value is -1.40. The highest BCUT2D eigenvalue weighted by Crippen LogP contribution is 2.16. The number of amides is 1. The minimum absolute atomic E-state index is 0.0145. The van der Waals surface area contributed by atoms with E-state index >= 15 is 0 Å². The van der Waals surface area contributed by atoms with E-state index in [1.165, 1.54) is 193 Å². The molecule has 0 bridgehead atoms. The van der Waals surface area contributed by atoms with Crippen LogP contribution in [-0.4, -0.2) is 47.4 Å². The van der Waals surface area contributed by atoms with Crippen LogP contribution in [0.15, 0.2) is 12.2 Å². The van der Waals surface area contributed by atoms with E-state index in [0.717, 1.165) is 51.4 Å². The van der Waals surface area contributed by atoms with E-state index in [2.05, 4.69) is 31.3 Å². The maximum atomic E-state index is 12.4. The van der Waals surface area contributed by atoms with E-state index in [1.807, 2.05) is 0 Å². The van der Waals surface area contributed by atoms with Gasteiger partial charge in [0.05, 0.1) is 25.4 Å². The number of carbonyl (C=O) groups is 2. The zero-order chi connectivity index (χ0) is 41.5. The van der Waals surface area contributed by atoms with Crippen molar-refractivity contribution in [2.24, 2.45) is 0 Å². The lowest BCUT2D eigenvalue weighted by atomic mass is 10.0. The number of rotatable bonds is 47. The Morgan fingerprint density at radius 2 is 0.825 bits per heavy atom. The third-order valence-corrected chi connectivity index (χ3v) is 11.8. The van der Waals surface area contributed by atoms with Crippen LogP contribution in [0.1, 0.15) is 277 Å². The zero-order valence-corrected chi connectivity index (χ0v) is 38.3. The molecule has 0 aromatic rings. The number of nitrogens with one attached hydrogen (secondary N) is 1. The molecule has 2 atom stereocenters. The largest absolute Gasteiger partial charge is 0.466 e. The highest BCUT2D eigenvalue weighted by atomic mass is 16.5. The van der Waals surface area contributed by atoms with Gasteiger partial charge in [0.1, 0.15) is 0 Å². The summed E-state index contributed by atoms with van der Waals surface area (Å²) in [6.45, 7) is 4.91. The summed E-state index contributed by atoms with van der Waals surface area (Å²) in [5, 5.41) is 23.2. The van der Waals surface area contributed by atoms with Crippen molar-refractivity contribution in [2.75, 3.05) is 13.2 Å². The second kappa shape index (κ2) is 47.3. The Labute approximate surface area is 355 Å². The van der Waals surface area contributed by atoms with Crippen molar-refractivity contribution in [1.82, 2.24) is 5.32 Å². The van der Waals surface area contributed by atoms with Gasteiger partial charge in [-0.2, -0.15) is 0 Å². The number of aliphatic hydroxyl groups excluding tert-OH is 2. The Kier molecular flexibility index (Phi) is 46.1. The quantitative estimate of drug-likeness (QED) is 0.0323. The molecule has 6 heteroatoms. The second-order valence-corrected chi connectivity index (χ2v) is 17.5. The van der Waals surface area contributed by atoms with Crippen LogP contribution in [0.25, 0.3) is 0 Å². The first-order valence-electron chi connectivity index (χ1n) is 25.4. The Morgan fingerprint density at radius 1 is 0.474 bits per heavy atom. The van der Waals surface area contributed by atoms with E-state index < -0.39 is 12.1 Å². The maximum Gasteiger partial charge on any atom is 0.305 e. The maximum absolute atomic E-state index is 12.4. The van der Waals surface area contributed by atoms with Gasteiger partial charge in [-0.05, 0) is 51.4 Å². The van der Waals surface area contributed by atoms with Crippen molar-refractivity contribution in [2.45, 2.75) is 289 Å². The summed E-state index contributed by atoms with van der Waals surface area (Å²) in [7, 11) is 0. The SMILES string of the molecule is CCCCCC/C=C\CCCCCCCC(=O)OCCCCCCCCCCCCCCCC(=O)NC(CO)C(O)CCCCCCCCCCCCCCCC. The van der Waals surface area contributed by atoms with Crippen LogP contribution in [0.2, 0.25) is 0 Å². The lowest BCUT2D eigenvalue weighted by molar-refractivity contribution is -0.143. The highest BCUT2D eigenvalue weighted by Gasteiger charge is 2.20. The van der Waals surface area contributed by atoms with E-state index in [-0.39, 0.29) is 18.5 Å². The first-order valence-corrected chi connectivity index (χ1v) is 25.4. The third-order valence-electron chi connectivity index (χ3n) is 11.8. The predicted molar refractivity (Wildman–Crippen MR) is 246 cm³/mol. The lowest BCUT2D eigenvalue weighted by Crippen LogP contribution is -2.45. The summed E-state index contributed by atoms with van der Waals surface area (Å²) in [4.78, 5) is 24.4. The molecule has 0 heterocycles. The van der Waals surface area contributed by atoms with Gasteiger partial charge in [-0.15, -0.1) is 0 Å². The van der Waals surface area contributed by atoms with Gasteiger partial charge in [0, 0.05) is 12.8 Å². The molecule has 0 aliphatic heterocycles. The number of carbonyl (C=O) groups excluding carboxylic acids is 2. The van der Waals surface area contributed by atoms with Gasteiger partial charge >= 0.3 is 5.97 Å². The molecule has 0 aromatic heterocycles. The van der Waals surface area contributed by atoms with E-state index in [4.69, 9.17) is 4.74 Å². The molecule has 0 radical (unpaired) electrons. The molecule has 0 aliphatic carbocycles. The van der Waals surface area contributed by atoms with Crippen LogP contribution in [0.3, 0.4) is 0 Å². The summed E-state index contributed by atoms with van der Waals surface area (Å²) in [5.74, 6) is -0.0620. The van der Waals surface area contributed by atoms with Crippen LogP contribution >= 0.6 is 0 Å². The first-order chi connectivity index (χ1) is 28.0. The van der Waals surface area contributed by atoms with Crippen LogP contribution in [0.5, 0.6) is 0 Å². The number of esters is 1. The number of hydrogen-bond donors (Lipinski definition) is 3. The molecule has 0 aromatic carbocycles. The van der Waals surface area contributed by atoms with Crippen molar-refractivity contribution in [3.8, 4) is 0 Å². The molecule has 338 valence electrons. The molecule has 3 N–H and O–H groups in total. The third kappa shape index (κ3) is 44.0. The standard InChI is InChI=1S/C51H99NO5/c1-3-5-7-9-11-13-15-17-20-23-27-31-35-39-43-49(54)48(47-53)52-50(55)44-40-36-32-28-24-21-18-22-26-30-34-38-42-46-57-51(56)45-41-37-33-29-25-19-16-14-12-10-8-6-4-2/h14,16,48-49,53-54H,3-13,15,17-47H2,1-2H3,(H,52,55)/b16-14-. The molecule has 0 aliphatic rings. The molecule has 0 rings (SSSR count). The molecule has 0 fully saturated rings. The second-order valence-electron chi connectivity index (χ2n) is 17.5. The highest BCUT2D eigenvalue weighted by molar-refractivity contribution is 5.76. The van der Waals surface area contributed by atoms with Crippen LogP contribution < -0.4 is 5.32 Å². The van der Waals surface area contributed by atoms with Crippen molar-refractivity contribution >= 4 is 11.9 Å². The minimum Gasteiger partial charge on any atom is -0.466 e. The van der Waals surface area contributed by atoms with E-state index in [0.29, 0.717) is 25.9 Å². The molecule has 0 saturated carbocycles. The molecular weight excluding hydrogens is 707 g/mol. The number of unbranched alkanes of at least 4 members (excludes halogenated alkanes) is 34. The number of aliphatic hydroxyl groups is 2.